The van der Waals surface area contributed by atoms with Gasteiger partial charge in [0.2, 0.25) is 15.9 Å². The summed E-state index contributed by atoms with van der Waals surface area (Å²) in [6, 6.07) is 0.163. The Bertz CT molecular complexity index is 733. The van der Waals surface area contributed by atoms with Gasteiger partial charge in [-0.15, -0.1) is 0 Å². The zero-order valence-electron chi connectivity index (χ0n) is 15.4. The van der Waals surface area contributed by atoms with Crippen molar-refractivity contribution in [2.24, 2.45) is 17.6 Å². The van der Waals surface area contributed by atoms with Crippen molar-refractivity contribution in [3.05, 3.63) is 11.5 Å². The summed E-state index contributed by atoms with van der Waals surface area (Å²) >= 11 is 0. The first kappa shape index (κ1) is 19.3. The molecular formula is C17H28N4O4S. The molecule has 26 heavy (non-hydrogen) atoms. The minimum absolute atomic E-state index is 0.0322. The highest BCUT2D eigenvalue weighted by Crippen LogP contribution is 2.29. The van der Waals surface area contributed by atoms with Crippen LogP contribution >= 0.6 is 0 Å². The molecule has 1 aliphatic heterocycles. The molecule has 0 spiro atoms. The fraction of sp³-hybridized carbons (Fsp3) is 0.765. The average molecular weight is 385 g/mol. The lowest BCUT2D eigenvalue weighted by molar-refractivity contribution is -0.127. The molecule has 2 aliphatic rings. The number of amides is 1. The van der Waals surface area contributed by atoms with Gasteiger partial charge in [-0.25, -0.2) is 8.42 Å². The standard InChI is InChI=1S/C17H28N4O4S/c1-11-16(12(2)25-20-11)26(23,24)21-8-6-13(7-9-21)17(22)19-15-5-3-4-14(15)10-18/h13-15H,3-10,18H2,1-2H3,(H,19,22). The van der Waals surface area contributed by atoms with Gasteiger partial charge in [0.05, 0.1) is 0 Å². The van der Waals surface area contributed by atoms with Crippen LogP contribution in [0, 0.1) is 25.7 Å². The first-order chi connectivity index (χ1) is 12.3. The van der Waals surface area contributed by atoms with Crippen molar-refractivity contribution in [3.8, 4) is 0 Å². The zero-order chi connectivity index (χ0) is 18.9. The maximum Gasteiger partial charge on any atom is 0.248 e. The Kier molecular flexibility index (Phi) is 5.69. The Morgan fingerprint density at radius 2 is 1.96 bits per heavy atom. The van der Waals surface area contributed by atoms with Crippen LogP contribution in [0.15, 0.2) is 9.42 Å². The summed E-state index contributed by atoms with van der Waals surface area (Å²) in [6.07, 6.45) is 4.19. The quantitative estimate of drug-likeness (QED) is 0.780. The molecule has 2 heterocycles. The number of aryl methyl sites for hydroxylation is 2. The van der Waals surface area contributed by atoms with Crippen molar-refractivity contribution < 1.29 is 17.7 Å². The van der Waals surface area contributed by atoms with Gasteiger partial charge in [0.1, 0.15) is 10.6 Å². The molecule has 1 aromatic heterocycles. The maximum absolute atomic E-state index is 12.8. The minimum atomic E-state index is -3.64. The highest BCUT2D eigenvalue weighted by Gasteiger charge is 2.36. The van der Waals surface area contributed by atoms with Crippen molar-refractivity contribution in [1.29, 1.82) is 0 Å². The summed E-state index contributed by atoms with van der Waals surface area (Å²) in [5.41, 5.74) is 6.15. The van der Waals surface area contributed by atoms with E-state index in [0.29, 0.717) is 49.8 Å². The van der Waals surface area contributed by atoms with E-state index in [4.69, 9.17) is 10.3 Å². The largest absolute Gasteiger partial charge is 0.360 e. The second-order valence-electron chi connectivity index (χ2n) is 7.37. The van der Waals surface area contributed by atoms with E-state index in [1.807, 2.05) is 0 Å². The van der Waals surface area contributed by atoms with E-state index in [9.17, 15) is 13.2 Å². The van der Waals surface area contributed by atoms with E-state index in [0.717, 1.165) is 19.3 Å². The van der Waals surface area contributed by atoms with E-state index in [1.54, 1.807) is 13.8 Å². The summed E-state index contributed by atoms with van der Waals surface area (Å²) in [7, 11) is -3.64. The van der Waals surface area contributed by atoms with Gasteiger partial charge in [0, 0.05) is 25.0 Å². The fourth-order valence-electron chi connectivity index (χ4n) is 4.14. The van der Waals surface area contributed by atoms with Crippen LogP contribution in [0.2, 0.25) is 0 Å². The lowest BCUT2D eigenvalue weighted by atomic mass is 9.95. The van der Waals surface area contributed by atoms with Gasteiger partial charge in [0.25, 0.3) is 0 Å². The second-order valence-corrected chi connectivity index (χ2v) is 9.25. The predicted octanol–water partition coefficient (Wildman–Crippen LogP) is 0.936. The average Bonchev–Trinajstić information content (AvgIpc) is 3.20. The van der Waals surface area contributed by atoms with Gasteiger partial charge < -0.3 is 15.6 Å². The molecule has 3 N–H and O–H groups in total. The molecule has 0 bridgehead atoms. The maximum atomic E-state index is 12.8. The Hall–Kier alpha value is -1.45. The molecular weight excluding hydrogens is 356 g/mol. The molecule has 146 valence electrons. The smallest absolute Gasteiger partial charge is 0.248 e. The van der Waals surface area contributed by atoms with Gasteiger partial charge >= 0.3 is 0 Å². The first-order valence-corrected chi connectivity index (χ1v) is 10.7. The van der Waals surface area contributed by atoms with Crippen LogP contribution < -0.4 is 11.1 Å². The summed E-state index contributed by atoms with van der Waals surface area (Å²) < 4.78 is 32.1. The monoisotopic (exact) mass is 384 g/mol. The van der Waals surface area contributed by atoms with Crippen LogP contribution in [0.4, 0.5) is 0 Å². The summed E-state index contributed by atoms with van der Waals surface area (Å²) in [5.74, 6) is 0.547. The van der Waals surface area contributed by atoms with Gasteiger partial charge in [-0.3, -0.25) is 4.79 Å². The number of aromatic nitrogens is 1. The number of sulfonamides is 1. The van der Waals surface area contributed by atoms with Crippen molar-refractivity contribution in [2.75, 3.05) is 19.6 Å². The summed E-state index contributed by atoms with van der Waals surface area (Å²) in [4.78, 5) is 12.7. The number of nitrogens with one attached hydrogen (secondary N) is 1. The molecule has 3 rings (SSSR count). The van der Waals surface area contributed by atoms with Crippen LogP contribution in [0.1, 0.15) is 43.6 Å². The van der Waals surface area contributed by atoms with Crippen molar-refractivity contribution in [3.63, 3.8) is 0 Å². The van der Waals surface area contributed by atoms with Crippen LogP contribution in [0.25, 0.3) is 0 Å². The molecule has 8 nitrogen and oxygen atoms in total. The van der Waals surface area contributed by atoms with E-state index < -0.39 is 10.0 Å². The van der Waals surface area contributed by atoms with Gasteiger partial charge in [0.15, 0.2) is 5.76 Å². The van der Waals surface area contributed by atoms with Gasteiger partial charge in [-0.05, 0) is 52.0 Å². The highest BCUT2D eigenvalue weighted by atomic mass is 32.2. The molecule has 1 saturated heterocycles. The number of nitrogens with zero attached hydrogens (tertiary/aromatic N) is 2. The molecule has 1 aliphatic carbocycles. The number of piperidine rings is 1. The molecule has 9 heteroatoms. The van der Waals surface area contributed by atoms with Crippen molar-refractivity contribution in [1.82, 2.24) is 14.8 Å². The Morgan fingerprint density at radius 3 is 2.54 bits per heavy atom. The van der Waals surface area contributed by atoms with Crippen molar-refractivity contribution >= 4 is 15.9 Å². The predicted molar refractivity (Wildman–Crippen MR) is 95.8 cm³/mol. The molecule has 2 atom stereocenters. The summed E-state index contributed by atoms with van der Waals surface area (Å²) in [6.45, 7) is 4.48. The summed E-state index contributed by atoms with van der Waals surface area (Å²) in [5, 5.41) is 6.87. The van der Waals surface area contributed by atoms with Gasteiger partial charge in [-0.2, -0.15) is 4.31 Å². The number of nitrogens with two attached hydrogens (primary N) is 1. The lowest BCUT2D eigenvalue weighted by Crippen LogP contribution is -2.47. The Labute approximate surface area is 154 Å². The van der Waals surface area contributed by atoms with E-state index in [2.05, 4.69) is 10.5 Å². The first-order valence-electron chi connectivity index (χ1n) is 9.28. The third-order valence-corrected chi connectivity index (χ3v) is 7.82. The highest BCUT2D eigenvalue weighted by molar-refractivity contribution is 7.89. The molecule has 1 saturated carbocycles. The molecule has 2 unspecified atom stereocenters. The third-order valence-electron chi connectivity index (χ3n) is 5.68. The van der Waals surface area contributed by atoms with Crippen LogP contribution in [-0.4, -0.2) is 49.5 Å². The number of rotatable bonds is 5. The molecule has 1 aromatic rings. The molecule has 2 fully saturated rings. The number of carbonyl (C=O) groups is 1. The van der Waals surface area contributed by atoms with Crippen LogP contribution in [-0.2, 0) is 14.8 Å². The van der Waals surface area contributed by atoms with E-state index in [-0.39, 0.29) is 22.8 Å². The van der Waals surface area contributed by atoms with E-state index in [1.165, 1.54) is 4.31 Å². The number of carbonyl (C=O) groups excluding carboxylic acids is 1. The Morgan fingerprint density at radius 1 is 1.27 bits per heavy atom. The van der Waals surface area contributed by atoms with Crippen molar-refractivity contribution in [2.45, 2.75) is 56.9 Å². The lowest BCUT2D eigenvalue weighted by Gasteiger charge is -2.31. The number of hydrogen-bond donors (Lipinski definition) is 2. The van der Waals surface area contributed by atoms with Crippen LogP contribution in [0.5, 0.6) is 0 Å². The van der Waals surface area contributed by atoms with Gasteiger partial charge in [-0.1, -0.05) is 11.6 Å². The third kappa shape index (κ3) is 3.65. The van der Waals surface area contributed by atoms with Crippen LogP contribution in [0.3, 0.4) is 0 Å². The molecule has 1 amide bonds. The SMILES string of the molecule is Cc1noc(C)c1S(=O)(=O)N1CCC(C(=O)NC2CCCC2CN)CC1. The topological polar surface area (TPSA) is 119 Å². The molecule has 0 radical (unpaired) electrons. The fourth-order valence-corrected chi connectivity index (χ4v) is 5.90. The minimum Gasteiger partial charge on any atom is -0.360 e. The second kappa shape index (κ2) is 7.66. The van der Waals surface area contributed by atoms with E-state index >= 15 is 0 Å². The number of hydrogen-bond acceptors (Lipinski definition) is 6. The Balaban J connectivity index is 1.60. The zero-order valence-corrected chi connectivity index (χ0v) is 16.2. The normalized spacial score (nSPS) is 25.5. The molecule has 0 aromatic carbocycles.